The quantitative estimate of drug-likeness (QED) is 0.742. The molecule has 3 atom stereocenters. The molecular formula is C11H17ClN2O2. The van der Waals surface area contributed by atoms with E-state index in [1.807, 2.05) is 0 Å². The van der Waals surface area contributed by atoms with Crippen molar-refractivity contribution in [1.29, 1.82) is 0 Å². The third-order valence-electron chi connectivity index (χ3n) is 3.63. The summed E-state index contributed by atoms with van der Waals surface area (Å²) < 4.78 is 0. The fourth-order valence-electron chi connectivity index (χ4n) is 2.90. The number of carbonyl (C=O) groups excluding carboxylic acids is 2. The maximum atomic E-state index is 11.5. The molecule has 2 rings (SSSR count). The third kappa shape index (κ3) is 2.67. The van der Waals surface area contributed by atoms with Gasteiger partial charge in [0.15, 0.2) is 0 Å². The topological polar surface area (TPSA) is 58.2 Å². The van der Waals surface area contributed by atoms with Gasteiger partial charge in [-0.15, -0.1) is 11.6 Å². The van der Waals surface area contributed by atoms with Gasteiger partial charge in [-0.1, -0.05) is 6.42 Å². The Kier molecular flexibility index (Phi) is 3.69. The van der Waals surface area contributed by atoms with Crippen LogP contribution in [0.5, 0.6) is 0 Å². The van der Waals surface area contributed by atoms with Crippen LogP contribution in [0, 0.1) is 11.8 Å². The average molecular weight is 245 g/mol. The van der Waals surface area contributed by atoms with Gasteiger partial charge in [0.05, 0.1) is 0 Å². The van der Waals surface area contributed by atoms with Crippen LogP contribution in [-0.2, 0) is 4.79 Å². The lowest BCUT2D eigenvalue weighted by atomic mass is 9.95. The molecule has 0 saturated heterocycles. The summed E-state index contributed by atoms with van der Waals surface area (Å²) in [6.45, 7) is 0. The molecule has 2 aliphatic carbocycles. The first-order valence-electron chi connectivity index (χ1n) is 5.85. The lowest BCUT2D eigenvalue weighted by Crippen LogP contribution is -2.46. The van der Waals surface area contributed by atoms with Crippen molar-refractivity contribution in [3.63, 3.8) is 0 Å². The van der Waals surface area contributed by atoms with Crippen molar-refractivity contribution >= 4 is 23.5 Å². The van der Waals surface area contributed by atoms with Crippen LogP contribution >= 0.6 is 11.6 Å². The summed E-state index contributed by atoms with van der Waals surface area (Å²) in [7, 11) is 0. The number of urea groups is 1. The van der Waals surface area contributed by atoms with Gasteiger partial charge in [-0.2, -0.15) is 0 Å². The van der Waals surface area contributed by atoms with E-state index < -0.39 is 0 Å². The van der Waals surface area contributed by atoms with Gasteiger partial charge in [0.2, 0.25) is 5.91 Å². The molecule has 2 N–H and O–H groups in total. The normalized spacial score (nSPS) is 31.4. The lowest BCUT2D eigenvalue weighted by molar-refractivity contribution is -0.119. The predicted octanol–water partition coefficient (Wildman–Crippen LogP) is 1.63. The average Bonchev–Trinajstić information content (AvgIpc) is 2.78. The van der Waals surface area contributed by atoms with E-state index in [1.165, 1.54) is 19.3 Å². The highest BCUT2D eigenvalue weighted by atomic mass is 35.5. The van der Waals surface area contributed by atoms with E-state index in [0.717, 1.165) is 12.3 Å². The molecule has 5 heteroatoms. The van der Waals surface area contributed by atoms with Gasteiger partial charge in [0, 0.05) is 18.3 Å². The van der Waals surface area contributed by atoms with Gasteiger partial charge in [-0.3, -0.25) is 10.1 Å². The molecule has 0 aromatic rings. The molecule has 0 aromatic heterocycles. The number of amides is 3. The Morgan fingerprint density at radius 1 is 1.25 bits per heavy atom. The first-order valence-corrected chi connectivity index (χ1v) is 6.39. The van der Waals surface area contributed by atoms with E-state index in [9.17, 15) is 9.59 Å². The lowest BCUT2D eigenvalue weighted by Gasteiger charge is -2.22. The highest BCUT2D eigenvalue weighted by Gasteiger charge is 2.40. The van der Waals surface area contributed by atoms with Crippen molar-refractivity contribution in [3.05, 3.63) is 0 Å². The zero-order valence-corrected chi connectivity index (χ0v) is 9.93. The minimum absolute atomic E-state index is 0.186. The van der Waals surface area contributed by atoms with Crippen molar-refractivity contribution in [1.82, 2.24) is 10.6 Å². The van der Waals surface area contributed by atoms with Gasteiger partial charge in [-0.25, -0.2) is 4.79 Å². The molecule has 2 aliphatic rings. The minimum Gasteiger partial charge on any atom is -0.335 e. The van der Waals surface area contributed by atoms with E-state index in [-0.39, 0.29) is 30.3 Å². The standard InChI is InChI=1S/C11H17ClN2O2/c12-4-3-10(15)14-11(16)13-9-6-7-1-2-8(9)5-7/h7-9H,1-6H2,(H2,13,14,15,16). The van der Waals surface area contributed by atoms with Crippen LogP contribution in [0.3, 0.4) is 0 Å². The minimum atomic E-state index is -0.368. The molecule has 2 fully saturated rings. The Labute approximate surface area is 100 Å². The van der Waals surface area contributed by atoms with Crippen LogP contribution in [0.4, 0.5) is 4.79 Å². The number of imide groups is 1. The first kappa shape index (κ1) is 11.7. The number of nitrogens with one attached hydrogen (secondary N) is 2. The van der Waals surface area contributed by atoms with Gasteiger partial charge >= 0.3 is 6.03 Å². The summed E-state index contributed by atoms with van der Waals surface area (Å²) in [5, 5.41) is 5.18. The van der Waals surface area contributed by atoms with E-state index in [0.29, 0.717) is 5.92 Å². The monoisotopic (exact) mass is 244 g/mol. The second-order valence-corrected chi connectivity index (χ2v) is 5.12. The molecule has 0 aromatic carbocycles. The molecule has 0 spiro atoms. The molecule has 0 aliphatic heterocycles. The molecule has 4 nitrogen and oxygen atoms in total. The number of fused-ring (bicyclic) bond motifs is 2. The van der Waals surface area contributed by atoms with Crippen LogP contribution in [-0.4, -0.2) is 23.9 Å². The summed E-state index contributed by atoms with van der Waals surface area (Å²) in [5.41, 5.74) is 0. The smallest absolute Gasteiger partial charge is 0.321 e. The van der Waals surface area contributed by atoms with Crippen molar-refractivity contribution in [2.45, 2.75) is 38.1 Å². The SMILES string of the molecule is O=C(CCCl)NC(=O)NC1CC2CCC1C2. The van der Waals surface area contributed by atoms with Crippen LogP contribution in [0.25, 0.3) is 0 Å². The molecule has 3 amide bonds. The number of alkyl halides is 1. The largest absolute Gasteiger partial charge is 0.335 e. The summed E-state index contributed by atoms with van der Waals surface area (Å²) in [6, 6.07) is -0.102. The Hall–Kier alpha value is -0.770. The van der Waals surface area contributed by atoms with Crippen molar-refractivity contribution in [2.75, 3.05) is 5.88 Å². The molecule has 0 radical (unpaired) electrons. The molecule has 2 bridgehead atoms. The summed E-state index contributed by atoms with van der Waals surface area (Å²) >= 11 is 5.41. The van der Waals surface area contributed by atoms with Crippen LogP contribution < -0.4 is 10.6 Å². The first-order chi connectivity index (χ1) is 7.69. The molecule has 0 heterocycles. The Balaban J connectivity index is 1.73. The molecule has 90 valence electrons. The van der Waals surface area contributed by atoms with Crippen molar-refractivity contribution < 1.29 is 9.59 Å². The Morgan fingerprint density at radius 3 is 2.62 bits per heavy atom. The van der Waals surface area contributed by atoms with Crippen molar-refractivity contribution in [3.8, 4) is 0 Å². The third-order valence-corrected chi connectivity index (χ3v) is 3.82. The highest BCUT2D eigenvalue weighted by Crippen LogP contribution is 2.44. The summed E-state index contributed by atoms with van der Waals surface area (Å²) in [5.74, 6) is 1.34. The fourth-order valence-corrected chi connectivity index (χ4v) is 3.07. The zero-order valence-electron chi connectivity index (χ0n) is 9.17. The predicted molar refractivity (Wildman–Crippen MR) is 61.2 cm³/mol. The van der Waals surface area contributed by atoms with Crippen LogP contribution in [0.1, 0.15) is 32.1 Å². The second-order valence-electron chi connectivity index (χ2n) is 4.74. The Morgan fingerprint density at radius 2 is 2.06 bits per heavy atom. The number of rotatable bonds is 3. The second kappa shape index (κ2) is 5.04. The summed E-state index contributed by atoms with van der Waals surface area (Å²) in [6.07, 6.45) is 5.01. The van der Waals surface area contributed by atoms with Gasteiger partial charge in [-0.05, 0) is 31.1 Å². The van der Waals surface area contributed by atoms with E-state index in [4.69, 9.17) is 11.6 Å². The van der Waals surface area contributed by atoms with Crippen molar-refractivity contribution in [2.24, 2.45) is 11.8 Å². The van der Waals surface area contributed by atoms with E-state index >= 15 is 0 Å². The molecular weight excluding hydrogens is 228 g/mol. The molecule has 16 heavy (non-hydrogen) atoms. The number of carbonyl (C=O) groups is 2. The summed E-state index contributed by atoms with van der Waals surface area (Å²) in [4.78, 5) is 22.6. The molecule has 2 saturated carbocycles. The molecule has 3 unspecified atom stereocenters. The highest BCUT2D eigenvalue weighted by molar-refractivity contribution is 6.19. The van der Waals surface area contributed by atoms with E-state index in [2.05, 4.69) is 10.6 Å². The number of hydrogen-bond acceptors (Lipinski definition) is 2. The number of hydrogen-bond donors (Lipinski definition) is 2. The van der Waals surface area contributed by atoms with Crippen LogP contribution in [0.2, 0.25) is 0 Å². The van der Waals surface area contributed by atoms with Gasteiger partial charge < -0.3 is 5.32 Å². The van der Waals surface area contributed by atoms with Gasteiger partial charge in [0.25, 0.3) is 0 Å². The maximum absolute atomic E-state index is 11.5. The van der Waals surface area contributed by atoms with Gasteiger partial charge in [0.1, 0.15) is 0 Å². The Bertz CT molecular complexity index is 296. The maximum Gasteiger partial charge on any atom is 0.321 e. The number of halogens is 1. The van der Waals surface area contributed by atoms with Crippen LogP contribution in [0.15, 0.2) is 0 Å². The zero-order chi connectivity index (χ0) is 11.5. The fraction of sp³-hybridized carbons (Fsp3) is 0.818. The van der Waals surface area contributed by atoms with E-state index in [1.54, 1.807) is 0 Å².